The number of H-pyrrole nitrogens is 1. The first-order chi connectivity index (χ1) is 9.43. The third kappa shape index (κ3) is 4.75. The molecule has 0 saturated heterocycles. The lowest BCUT2D eigenvalue weighted by Gasteiger charge is -2.24. The molecule has 0 bridgehead atoms. The summed E-state index contributed by atoms with van der Waals surface area (Å²) in [5.41, 5.74) is 5.33. The second-order valence-corrected chi connectivity index (χ2v) is 4.92. The van der Waals surface area contributed by atoms with E-state index in [1.165, 1.54) is 12.1 Å². The van der Waals surface area contributed by atoms with Crippen molar-refractivity contribution in [3.63, 3.8) is 0 Å². The van der Waals surface area contributed by atoms with Gasteiger partial charge in [0.2, 0.25) is 5.56 Å². The Labute approximate surface area is 117 Å². The minimum atomic E-state index is -0.322. The number of pyridine rings is 1. The molecular weight excluding hydrogens is 260 g/mol. The minimum absolute atomic E-state index is 0.0631. The smallest absolute Gasteiger partial charge is 0.270 e. The highest BCUT2D eigenvalue weighted by Crippen LogP contribution is 2.05. The average Bonchev–Trinajstić information content (AvgIpc) is 2.41. The molecule has 0 unspecified atom stereocenters. The second kappa shape index (κ2) is 7.32. The first kappa shape index (κ1) is 15.7. The number of nitrogens with zero attached hydrogens (tertiary/aromatic N) is 2. The fraction of sp³-hybridized carbons (Fsp3) is 0.462. The second-order valence-electron chi connectivity index (χ2n) is 4.92. The number of nitrogens with one attached hydrogen (secondary N) is 1. The molecule has 0 radical (unpaired) electrons. The number of rotatable bonds is 6. The van der Waals surface area contributed by atoms with Gasteiger partial charge in [0.1, 0.15) is 11.5 Å². The molecule has 0 atom stereocenters. The first-order valence-corrected chi connectivity index (χ1v) is 6.39. The Bertz CT molecular complexity index is 536. The Morgan fingerprint density at radius 1 is 1.50 bits per heavy atom. The van der Waals surface area contributed by atoms with Crippen molar-refractivity contribution in [1.29, 1.82) is 0 Å². The number of carbonyl (C=O) groups excluding carboxylic acids is 1. The Morgan fingerprint density at radius 2 is 2.20 bits per heavy atom. The topological polar surface area (TPSA) is 112 Å². The van der Waals surface area contributed by atoms with Gasteiger partial charge < -0.3 is 20.8 Å². The number of nitrogens with two attached hydrogens (primary N) is 1. The first-order valence-electron chi connectivity index (χ1n) is 6.39. The summed E-state index contributed by atoms with van der Waals surface area (Å²) in [6.07, 6.45) is 0.270. The van der Waals surface area contributed by atoms with Crippen LogP contribution >= 0.6 is 0 Å². The van der Waals surface area contributed by atoms with Gasteiger partial charge in [-0.15, -0.1) is 0 Å². The van der Waals surface area contributed by atoms with Gasteiger partial charge in [-0.25, -0.2) is 0 Å². The Hall–Kier alpha value is -2.31. The zero-order valence-corrected chi connectivity index (χ0v) is 11.7. The number of amidine groups is 1. The van der Waals surface area contributed by atoms with E-state index in [0.29, 0.717) is 13.1 Å². The third-order valence-electron chi connectivity index (χ3n) is 2.64. The zero-order valence-electron chi connectivity index (χ0n) is 11.7. The quantitative estimate of drug-likeness (QED) is 0.307. The maximum Gasteiger partial charge on any atom is 0.270 e. The van der Waals surface area contributed by atoms with Crippen molar-refractivity contribution in [2.75, 3.05) is 13.1 Å². The van der Waals surface area contributed by atoms with Crippen LogP contribution in [0.1, 0.15) is 30.8 Å². The van der Waals surface area contributed by atoms with Gasteiger partial charge in [-0.1, -0.05) is 25.1 Å². The lowest BCUT2D eigenvalue weighted by Crippen LogP contribution is -2.37. The van der Waals surface area contributed by atoms with Crippen LogP contribution in [0.25, 0.3) is 0 Å². The van der Waals surface area contributed by atoms with E-state index >= 15 is 0 Å². The molecule has 0 aliphatic carbocycles. The van der Waals surface area contributed by atoms with Crippen molar-refractivity contribution in [2.45, 2.75) is 20.3 Å². The van der Waals surface area contributed by atoms with Gasteiger partial charge in [0.05, 0.1) is 0 Å². The van der Waals surface area contributed by atoms with Gasteiger partial charge in [0.15, 0.2) is 0 Å². The maximum absolute atomic E-state index is 12.3. The summed E-state index contributed by atoms with van der Waals surface area (Å²) in [4.78, 5) is 27.7. The molecule has 4 N–H and O–H groups in total. The van der Waals surface area contributed by atoms with Crippen LogP contribution in [0.4, 0.5) is 0 Å². The van der Waals surface area contributed by atoms with E-state index < -0.39 is 0 Å². The van der Waals surface area contributed by atoms with Crippen LogP contribution in [0, 0.1) is 5.92 Å². The molecular formula is C13H20N4O3. The lowest BCUT2D eigenvalue weighted by molar-refractivity contribution is 0.0734. The van der Waals surface area contributed by atoms with Crippen LogP contribution in [0.3, 0.4) is 0 Å². The van der Waals surface area contributed by atoms with E-state index in [1.54, 1.807) is 11.0 Å². The van der Waals surface area contributed by atoms with Crippen LogP contribution in [-0.4, -0.2) is 39.9 Å². The molecule has 0 aliphatic heterocycles. The minimum Gasteiger partial charge on any atom is -0.409 e. The molecule has 0 aliphatic rings. The van der Waals surface area contributed by atoms with Crippen molar-refractivity contribution in [1.82, 2.24) is 9.88 Å². The van der Waals surface area contributed by atoms with E-state index in [9.17, 15) is 9.59 Å². The van der Waals surface area contributed by atoms with E-state index in [0.717, 1.165) is 0 Å². The SMILES string of the molecule is CC(C)CN(CC/C(N)=N/O)C(=O)c1cccc(=O)[nH]1. The predicted octanol–water partition coefficient (Wildman–Crippen LogP) is 0.610. The zero-order chi connectivity index (χ0) is 15.1. The van der Waals surface area contributed by atoms with Gasteiger partial charge in [-0.3, -0.25) is 9.59 Å². The van der Waals surface area contributed by atoms with Crippen LogP contribution in [-0.2, 0) is 0 Å². The van der Waals surface area contributed by atoms with Crippen molar-refractivity contribution < 1.29 is 10.0 Å². The highest BCUT2D eigenvalue weighted by Gasteiger charge is 2.17. The molecule has 0 aromatic carbocycles. The predicted molar refractivity (Wildman–Crippen MR) is 75.8 cm³/mol. The monoisotopic (exact) mass is 280 g/mol. The van der Waals surface area contributed by atoms with Crippen molar-refractivity contribution in [3.8, 4) is 0 Å². The Morgan fingerprint density at radius 3 is 2.75 bits per heavy atom. The summed E-state index contributed by atoms with van der Waals surface area (Å²) in [6.45, 7) is 4.81. The summed E-state index contributed by atoms with van der Waals surface area (Å²) < 4.78 is 0. The van der Waals surface area contributed by atoms with E-state index in [4.69, 9.17) is 10.9 Å². The molecule has 1 heterocycles. The van der Waals surface area contributed by atoms with Crippen LogP contribution in [0.5, 0.6) is 0 Å². The van der Waals surface area contributed by atoms with Crippen LogP contribution < -0.4 is 11.3 Å². The standard InChI is InChI=1S/C13H20N4O3/c1-9(2)8-17(7-6-11(14)16-20)13(19)10-4-3-5-12(18)15-10/h3-5,9,20H,6-8H2,1-2H3,(H2,14,16)(H,15,18). The molecule has 0 spiro atoms. The van der Waals surface area contributed by atoms with E-state index in [1.807, 2.05) is 13.8 Å². The van der Waals surface area contributed by atoms with Crippen molar-refractivity contribution in [2.24, 2.45) is 16.8 Å². The van der Waals surface area contributed by atoms with Crippen LogP contribution in [0.2, 0.25) is 0 Å². The molecule has 1 amide bonds. The van der Waals surface area contributed by atoms with E-state index in [-0.39, 0.29) is 35.3 Å². The van der Waals surface area contributed by atoms with Crippen molar-refractivity contribution in [3.05, 3.63) is 34.2 Å². The molecule has 1 rings (SSSR count). The molecule has 1 aromatic heterocycles. The summed E-state index contributed by atoms with van der Waals surface area (Å²) in [6, 6.07) is 4.43. The van der Waals surface area contributed by atoms with E-state index in [2.05, 4.69) is 10.1 Å². The number of amides is 1. The summed E-state index contributed by atoms with van der Waals surface area (Å²) in [7, 11) is 0. The number of aromatic amines is 1. The van der Waals surface area contributed by atoms with Gasteiger partial charge in [0.25, 0.3) is 5.91 Å². The average molecular weight is 280 g/mol. The molecule has 0 fully saturated rings. The number of oxime groups is 1. The molecule has 7 nitrogen and oxygen atoms in total. The van der Waals surface area contributed by atoms with Crippen molar-refractivity contribution >= 4 is 11.7 Å². The summed E-state index contributed by atoms with van der Waals surface area (Å²) >= 11 is 0. The highest BCUT2D eigenvalue weighted by molar-refractivity contribution is 5.92. The molecule has 20 heavy (non-hydrogen) atoms. The number of hydrogen-bond acceptors (Lipinski definition) is 4. The third-order valence-corrected chi connectivity index (χ3v) is 2.64. The molecule has 1 aromatic rings. The number of hydrogen-bond donors (Lipinski definition) is 3. The van der Waals surface area contributed by atoms with Gasteiger partial charge >= 0.3 is 0 Å². The maximum atomic E-state index is 12.3. The normalized spacial score (nSPS) is 11.7. The van der Waals surface area contributed by atoms with Gasteiger partial charge in [-0.2, -0.15) is 0 Å². The lowest BCUT2D eigenvalue weighted by atomic mass is 10.2. The van der Waals surface area contributed by atoms with Crippen LogP contribution in [0.15, 0.2) is 28.1 Å². The number of carbonyl (C=O) groups is 1. The number of aromatic nitrogens is 1. The Kier molecular flexibility index (Phi) is 5.76. The molecule has 7 heteroatoms. The fourth-order valence-electron chi connectivity index (χ4n) is 1.76. The fourth-order valence-corrected chi connectivity index (χ4v) is 1.76. The molecule has 0 saturated carbocycles. The molecule has 110 valence electrons. The largest absolute Gasteiger partial charge is 0.409 e. The highest BCUT2D eigenvalue weighted by atomic mass is 16.4. The Balaban J connectivity index is 2.86. The summed E-state index contributed by atoms with van der Waals surface area (Å²) in [5, 5.41) is 11.4. The summed E-state index contributed by atoms with van der Waals surface area (Å²) in [5.74, 6) is 0.0527. The van der Waals surface area contributed by atoms with Gasteiger partial charge in [-0.05, 0) is 12.0 Å². The van der Waals surface area contributed by atoms with Gasteiger partial charge in [0, 0.05) is 25.6 Å².